The van der Waals surface area contributed by atoms with Crippen LogP contribution in [0.2, 0.25) is 0 Å². The van der Waals surface area contributed by atoms with Crippen LogP contribution >= 0.6 is 11.3 Å². The Kier molecular flexibility index (Phi) is 4.13. The van der Waals surface area contributed by atoms with Crippen molar-refractivity contribution < 1.29 is 9.13 Å². The third-order valence-electron chi connectivity index (χ3n) is 3.07. The first-order valence-corrected chi connectivity index (χ1v) is 7.57. The van der Waals surface area contributed by atoms with E-state index in [0.717, 1.165) is 33.0 Å². The largest absolute Gasteiger partial charge is 0.493 e. The van der Waals surface area contributed by atoms with E-state index in [9.17, 15) is 4.39 Å². The van der Waals surface area contributed by atoms with E-state index in [1.807, 2.05) is 18.2 Å². The molecule has 1 heterocycles. The lowest BCUT2D eigenvalue weighted by atomic mass is 10.2. The standard InChI is InChI=1S/C16H15FN2OS/c17-12-4-2-11(3-5-12)16-19-14-7-6-13(10-15(14)21-16)20-9-1-8-18/h2-7,10H,1,8-9,18H2. The second kappa shape index (κ2) is 6.20. The Labute approximate surface area is 126 Å². The van der Waals surface area contributed by atoms with E-state index in [4.69, 9.17) is 10.5 Å². The van der Waals surface area contributed by atoms with Crippen LogP contribution in [-0.2, 0) is 0 Å². The first-order chi connectivity index (χ1) is 10.3. The summed E-state index contributed by atoms with van der Waals surface area (Å²) in [7, 11) is 0. The lowest BCUT2D eigenvalue weighted by Crippen LogP contribution is -2.05. The fourth-order valence-electron chi connectivity index (χ4n) is 1.98. The summed E-state index contributed by atoms with van der Waals surface area (Å²) in [5.74, 6) is 0.584. The maximum atomic E-state index is 13.0. The molecule has 0 atom stereocenters. The van der Waals surface area contributed by atoms with Crippen molar-refractivity contribution in [1.82, 2.24) is 4.98 Å². The van der Waals surface area contributed by atoms with E-state index in [-0.39, 0.29) is 5.82 Å². The predicted molar refractivity (Wildman–Crippen MR) is 84.2 cm³/mol. The number of hydrogen-bond acceptors (Lipinski definition) is 4. The molecule has 21 heavy (non-hydrogen) atoms. The van der Waals surface area contributed by atoms with Gasteiger partial charge in [0.05, 0.1) is 16.8 Å². The monoisotopic (exact) mass is 302 g/mol. The maximum absolute atomic E-state index is 13.0. The van der Waals surface area contributed by atoms with Gasteiger partial charge in [-0.2, -0.15) is 0 Å². The van der Waals surface area contributed by atoms with Gasteiger partial charge in [-0.05, 0) is 55.4 Å². The maximum Gasteiger partial charge on any atom is 0.124 e. The summed E-state index contributed by atoms with van der Waals surface area (Å²) in [6.45, 7) is 1.24. The minimum Gasteiger partial charge on any atom is -0.493 e. The first kappa shape index (κ1) is 14.0. The van der Waals surface area contributed by atoms with E-state index in [2.05, 4.69) is 4.98 Å². The lowest BCUT2D eigenvalue weighted by molar-refractivity contribution is 0.314. The summed E-state index contributed by atoms with van der Waals surface area (Å²) < 4.78 is 19.7. The third kappa shape index (κ3) is 3.20. The number of hydrogen-bond donors (Lipinski definition) is 1. The molecule has 0 radical (unpaired) electrons. The van der Waals surface area contributed by atoms with Crippen LogP contribution in [0.1, 0.15) is 6.42 Å². The van der Waals surface area contributed by atoms with E-state index in [1.165, 1.54) is 12.1 Å². The van der Waals surface area contributed by atoms with Crippen molar-refractivity contribution >= 4 is 21.6 Å². The molecule has 1 aromatic heterocycles. The van der Waals surface area contributed by atoms with Crippen LogP contribution in [0.3, 0.4) is 0 Å². The van der Waals surface area contributed by atoms with Gasteiger partial charge in [0.1, 0.15) is 16.6 Å². The van der Waals surface area contributed by atoms with Gasteiger partial charge in [-0.1, -0.05) is 0 Å². The molecule has 0 fully saturated rings. The predicted octanol–water partition coefficient (Wildman–Crippen LogP) is 3.83. The SMILES string of the molecule is NCCCOc1ccc2nc(-c3ccc(F)cc3)sc2c1. The van der Waals surface area contributed by atoms with Crippen molar-refractivity contribution in [3.05, 3.63) is 48.3 Å². The van der Waals surface area contributed by atoms with Gasteiger partial charge in [0.25, 0.3) is 0 Å². The van der Waals surface area contributed by atoms with Crippen LogP contribution < -0.4 is 10.5 Å². The summed E-state index contributed by atoms with van der Waals surface area (Å²) in [6.07, 6.45) is 0.835. The van der Waals surface area contributed by atoms with Gasteiger partial charge in [0.2, 0.25) is 0 Å². The van der Waals surface area contributed by atoms with Crippen LogP contribution in [0, 0.1) is 5.82 Å². The number of nitrogens with zero attached hydrogens (tertiary/aromatic N) is 1. The van der Waals surface area contributed by atoms with Crippen LogP contribution in [0.5, 0.6) is 5.75 Å². The number of ether oxygens (including phenoxy) is 1. The minimum absolute atomic E-state index is 0.240. The molecule has 0 bridgehead atoms. The average Bonchev–Trinajstić information content (AvgIpc) is 2.91. The molecule has 0 amide bonds. The Morgan fingerprint density at radius 1 is 1.14 bits per heavy atom. The molecule has 0 aliphatic heterocycles. The van der Waals surface area contributed by atoms with Gasteiger partial charge < -0.3 is 10.5 Å². The molecule has 3 rings (SSSR count). The van der Waals surface area contributed by atoms with Crippen molar-refractivity contribution in [2.75, 3.05) is 13.2 Å². The highest BCUT2D eigenvalue weighted by molar-refractivity contribution is 7.21. The van der Waals surface area contributed by atoms with Gasteiger partial charge in [-0.15, -0.1) is 11.3 Å². The van der Waals surface area contributed by atoms with Crippen LogP contribution in [0.4, 0.5) is 4.39 Å². The van der Waals surface area contributed by atoms with E-state index in [0.29, 0.717) is 13.2 Å². The summed E-state index contributed by atoms with van der Waals surface area (Å²) in [5.41, 5.74) is 7.29. The van der Waals surface area contributed by atoms with Gasteiger partial charge in [-0.25, -0.2) is 9.37 Å². The molecule has 2 N–H and O–H groups in total. The Bertz CT molecular complexity index is 740. The van der Waals surface area contributed by atoms with E-state index < -0.39 is 0 Å². The molecule has 0 saturated carbocycles. The molecule has 3 nitrogen and oxygen atoms in total. The summed E-state index contributed by atoms with van der Waals surface area (Å²) in [6, 6.07) is 12.2. The number of aromatic nitrogens is 1. The Hall–Kier alpha value is -1.98. The van der Waals surface area contributed by atoms with Crippen LogP contribution in [0.15, 0.2) is 42.5 Å². The third-order valence-corrected chi connectivity index (χ3v) is 4.14. The fraction of sp³-hybridized carbons (Fsp3) is 0.188. The van der Waals surface area contributed by atoms with Gasteiger partial charge >= 0.3 is 0 Å². The highest BCUT2D eigenvalue weighted by Crippen LogP contribution is 2.32. The first-order valence-electron chi connectivity index (χ1n) is 6.75. The number of fused-ring (bicyclic) bond motifs is 1. The van der Waals surface area contributed by atoms with Crippen LogP contribution in [-0.4, -0.2) is 18.1 Å². The molecule has 108 valence electrons. The number of nitrogens with two attached hydrogens (primary N) is 1. The van der Waals surface area contributed by atoms with Crippen LogP contribution in [0.25, 0.3) is 20.8 Å². The van der Waals surface area contributed by atoms with Crippen molar-refractivity contribution in [2.45, 2.75) is 6.42 Å². The van der Waals surface area contributed by atoms with E-state index >= 15 is 0 Å². The van der Waals surface area contributed by atoms with Crippen molar-refractivity contribution in [1.29, 1.82) is 0 Å². The van der Waals surface area contributed by atoms with Gasteiger partial charge in [-0.3, -0.25) is 0 Å². The number of benzene rings is 2. The Balaban J connectivity index is 1.87. The average molecular weight is 302 g/mol. The zero-order valence-corrected chi connectivity index (χ0v) is 12.2. The summed E-state index contributed by atoms with van der Waals surface area (Å²) in [5, 5.41) is 0.879. The Morgan fingerprint density at radius 3 is 2.71 bits per heavy atom. The molecular formula is C16H15FN2OS. The van der Waals surface area contributed by atoms with Gasteiger partial charge in [0, 0.05) is 5.56 Å². The lowest BCUT2D eigenvalue weighted by Gasteiger charge is -2.04. The van der Waals surface area contributed by atoms with Crippen molar-refractivity contribution in [2.24, 2.45) is 5.73 Å². The normalized spacial score (nSPS) is 11.0. The number of rotatable bonds is 5. The summed E-state index contributed by atoms with van der Waals surface area (Å²) in [4.78, 5) is 4.57. The molecular weight excluding hydrogens is 287 g/mol. The molecule has 5 heteroatoms. The fourth-order valence-corrected chi connectivity index (χ4v) is 2.98. The topological polar surface area (TPSA) is 48.1 Å². The highest BCUT2D eigenvalue weighted by Gasteiger charge is 2.07. The molecule has 0 saturated heterocycles. The number of thiazole rings is 1. The second-order valence-electron chi connectivity index (χ2n) is 4.65. The highest BCUT2D eigenvalue weighted by atomic mass is 32.1. The zero-order valence-electron chi connectivity index (χ0n) is 11.4. The summed E-state index contributed by atoms with van der Waals surface area (Å²) >= 11 is 1.57. The molecule has 0 spiro atoms. The molecule has 2 aromatic carbocycles. The van der Waals surface area contributed by atoms with Crippen molar-refractivity contribution in [3.63, 3.8) is 0 Å². The minimum atomic E-state index is -0.240. The molecule has 0 aliphatic rings. The smallest absolute Gasteiger partial charge is 0.124 e. The van der Waals surface area contributed by atoms with Crippen molar-refractivity contribution in [3.8, 4) is 16.3 Å². The molecule has 0 aliphatic carbocycles. The van der Waals surface area contributed by atoms with E-state index in [1.54, 1.807) is 23.5 Å². The Morgan fingerprint density at radius 2 is 1.95 bits per heavy atom. The molecule has 3 aromatic rings. The molecule has 0 unspecified atom stereocenters. The quantitative estimate of drug-likeness (QED) is 0.729. The zero-order chi connectivity index (χ0) is 14.7. The van der Waals surface area contributed by atoms with Gasteiger partial charge in [0.15, 0.2) is 0 Å². The second-order valence-corrected chi connectivity index (χ2v) is 5.68. The number of halogens is 1.